The fourth-order valence-corrected chi connectivity index (χ4v) is 13.9. The van der Waals surface area contributed by atoms with Crippen LogP contribution in [-0.2, 0) is 23.8 Å². The van der Waals surface area contributed by atoms with E-state index in [1.54, 1.807) is 13.1 Å². The number of aliphatic hydroxyl groups is 6. The zero-order valence-electron chi connectivity index (χ0n) is 32.0. The number of unbranched alkanes of at least 4 members (excludes halogenated alkanes) is 1. The van der Waals surface area contributed by atoms with Crippen LogP contribution in [0.5, 0.6) is 0 Å². The number of esters is 1. The van der Waals surface area contributed by atoms with Crippen LogP contribution in [0, 0.1) is 28.6 Å². The second-order valence-electron chi connectivity index (χ2n) is 18.0. The molecule has 17 heteroatoms. The van der Waals surface area contributed by atoms with E-state index in [1.165, 1.54) is 6.08 Å². The molecule has 8 rings (SSSR count). The lowest BCUT2D eigenvalue weighted by Gasteiger charge is -2.66. The molecule has 8 aliphatic rings. The van der Waals surface area contributed by atoms with E-state index in [2.05, 4.69) is 21.2 Å². The summed E-state index contributed by atoms with van der Waals surface area (Å²) in [7, 11) is 0. The molecule has 0 spiro atoms. The Labute approximate surface area is 330 Å². The molecule has 0 radical (unpaired) electrons. The molecule has 3 saturated heterocycles. The minimum atomic E-state index is -1.50. The first-order valence-corrected chi connectivity index (χ1v) is 21.5. The largest absolute Gasteiger partial charge is 0.458 e. The van der Waals surface area contributed by atoms with E-state index >= 15 is 0 Å². The maximum atomic E-state index is 13.1. The Morgan fingerprint density at radius 1 is 1.05 bits per heavy atom. The Balaban J connectivity index is 0.996. The van der Waals surface area contributed by atoms with E-state index in [-0.39, 0.29) is 68.1 Å². The van der Waals surface area contributed by atoms with Gasteiger partial charge in [0.2, 0.25) is 5.91 Å². The Morgan fingerprint density at radius 3 is 2.62 bits per heavy atom. The van der Waals surface area contributed by atoms with Crippen molar-refractivity contribution in [3.05, 3.63) is 11.6 Å². The number of urea groups is 1. The highest BCUT2D eigenvalue weighted by Gasteiger charge is 2.73. The molecule has 7 fully saturated rings. The topological polar surface area (TPSA) is 249 Å². The molecular formula is C39H58N4O12S. The summed E-state index contributed by atoms with van der Waals surface area (Å²) >= 11 is 1.83. The number of carbonyl (C=O) groups excluding carboxylic acids is 3. The Morgan fingerprint density at radius 2 is 1.86 bits per heavy atom. The first-order chi connectivity index (χ1) is 26.6. The standard InChI is InChI=1S/C39H58N4O12S/c1-19-31(47)32(48)33(49)34(54-19)55-21-7-10-37(18-40-43-28(45)6-4-3-5-26-30-25(17-56-26)41-35(50)42-30)24-14-27(44)36(2)22(20-13-29(46)53-16-20)9-12-39(36,52)23(24)8-11-38(37,51)15-21/h13,18-19,21-27,30-34,44,47-49,51-52H,3-12,14-17H2,1-2H3,(H,43,45)(H2,41,42,50)/b40-18+/t19-,21+,22-,23-,24+,25+,26+,27-,30+,31+,32-,33-,34+,36+,37+,38+,39+/m1/s1. The first kappa shape index (κ1) is 40.4. The number of hydrazone groups is 1. The number of carbonyl (C=O) groups is 3. The monoisotopic (exact) mass is 806 g/mol. The van der Waals surface area contributed by atoms with Crippen LogP contribution in [0.25, 0.3) is 0 Å². The van der Waals surface area contributed by atoms with Gasteiger partial charge in [-0.25, -0.2) is 15.0 Å². The fourth-order valence-electron chi connectivity index (χ4n) is 12.3. The molecular weight excluding hydrogens is 749 g/mol. The van der Waals surface area contributed by atoms with Crippen molar-refractivity contribution in [1.82, 2.24) is 16.1 Å². The second-order valence-corrected chi connectivity index (χ2v) is 19.3. The molecule has 4 heterocycles. The molecule has 4 aliphatic carbocycles. The number of thioether (sulfide) groups is 1. The number of rotatable bonds is 10. The second kappa shape index (κ2) is 15.0. The molecule has 3 amide bonds. The minimum absolute atomic E-state index is 0.105. The van der Waals surface area contributed by atoms with E-state index in [9.17, 15) is 45.0 Å². The van der Waals surface area contributed by atoms with Crippen molar-refractivity contribution in [3.8, 4) is 0 Å². The van der Waals surface area contributed by atoms with E-state index in [0.29, 0.717) is 43.8 Å². The number of amides is 3. The molecule has 0 bridgehead atoms. The molecule has 0 aromatic carbocycles. The smallest absolute Gasteiger partial charge is 0.331 e. The van der Waals surface area contributed by atoms with Crippen LogP contribution in [0.15, 0.2) is 16.8 Å². The molecule has 9 N–H and O–H groups in total. The van der Waals surface area contributed by atoms with Crippen molar-refractivity contribution in [2.75, 3.05) is 12.4 Å². The van der Waals surface area contributed by atoms with Gasteiger partial charge >= 0.3 is 12.0 Å². The van der Waals surface area contributed by atoms with Crippen LogP contribution in [0.1, 0.15) is 90.9 Å². The van der Waals surface area contributed by atoms with E-state index in [0.717, 1.165) is 24.2 Å². The number of nitrogens with zero attached hydrogens (tertiary/aromatic N) is 1. The van der Waals surface area contributed by atoms with E-state index < -0.39 is 76.8 Å². The van der Waals surface area contributed by atoms with Crippen molar-refractivity contribution >= 4 is 35.9 Å². The molecule has 17 atom stereocenters. The minimum Gasteiger partial charge on any atom is -0.458 e. The predicted molar refractivity (Wildman–Crippen MR) is 201 cm³/mol. The molecule has 4 saturated carbocycles. The van der Waals surface area contributed by atoms with Crippen LogP contribution in [0.4, 0.5) is 4.79 Å². The summed E-state index contributed by atoms with van der Waals surface area (Å²) in [6, 6.07) is 0.125. The number of cyclic esters (lactones) is 1. The Kier molecular flexibility index (Phi) is 10.9. The van der Waals surface area contributed by atoms with E-state index in [1.807, 2.05) is 18.7 Å². The number of ether oxygens (including phenoxy) is 3. The van der Waals surface area contributed by atoms with Crippen LogP contribution in [-0.4, -0.2) is 139 Å². The van der Waals surface area contributed by atoms with Gasteiger partial charge in [0.15, 0.2) is 6.29 Å². The van der Waals surface area contributed by atoms with Gasteiger partial charge in [0.25, 0.3) is 0 Å². The van der Waals surface area contributed by atoms with Gasteiger partial charge in [-0.3, -0.25) is 4.79 Å². The quantitative estimate of drug-likeness (QED) is 0.0362. The summed E-state index contributed by atoms with van der Waals surface area (Å²) in [5, 5.41) is 79.8. The summed E-state index contributed by atoms with van der Waals surface area (Å²) in [6.07, 6.45) is 0.543. The lowest BCUT2D eigenvalue weighted by molar-refractivity contribution is -0.317. The zero-order valence-corrected chi connectivity index (χ0v) is 32.9. The van der Waals surface area contributed by atoms with Gasteiger partial charge in [-0.2, -0.15) is 16.9 Å². The van der Waals surface area contributed by atoms with Crippen molar-refractivity contribution < 1.29 is 59.2 Å². The third-order valence-corrected chi connectivity index (χ3v) is 16.9. The SMILES string of the molecule is C[C@H]1O[C@@H](O[C@H]2CC[C@]3(/C=N/NC(=O)CCCC[C@@H]4SC[C@@H]5NC(=O)N[C@@H]54)[C@H]4C[C@@H](O)[C@]5(C)[C@@H](C6=CC(=O)OC6)CC[C@]5(O)[C@@H]4CC[C@]3(O)C2)[C@H](O)[C@H](O)[C@H]1O. The number of hydrogen-bond acceptors (Lipinski definition) is 14. The molecule has 0 aromatic rings. The van der Waals surface area contributed by atoms with Crippen molar-refractivity contribution in [2.24, 2.45) is 33.7 Å². The predicted octanol–water partition coefficient (Wildman–Crippen LogP) is 0.350. The first-order valence-electron chi connectivity index (χ1n) is 20.5. The average molecular weight is 807 g/mol. The summed E-state index contributed by atoms with van der Waals surface area (Å²) < 4.78 is 17.2. The average Bonchev–Trinajstić information content (AvgIpc) is 3.92. The highest BCUT2D eigenvalue weighted by molar-refractivity contribution is 8.00. The molecule has 4 aliphatic heterocycles. The van der Waals surface area contributed by atoms with E-state index in [4.69, 9.17) is 14.2 Å². The Hall–Kier alpha value is -2.35. The zero-order chi connectivity index (χ0) is 39.8. The van der Waals surface area contributed by atoms with Gasteiger partial charge in [0.1, 0.15) is 24.9 Å². The van der Waals surface area contributed by atoms with Gasteiger partial charge in [-0.15, -0.1) is 0 Å². The summed E-state index contributed by atoms with van der Waals surface area (Å²) in [4.78, 5) is 36.9. The van der Waals surface area contributed by atoms with Crippen molar-refractivity contribution in [1.29, 1.82) is 0 Å². The van der Waals surface area contributed by atoms with Gasteiger partial charge in [0, 0.05) is 47.0 Å². The fraction of sp³-hybridized carbons (Fsp3) is 0.846. The number of hydrogen-bond donors (Lipinski definition) is 9. The van der Waals surface area contributed by atoms with Crippen molar-refractivity contribution in [2.45, 2.75) is 162 Å². The lowest BCUT2D eigenvalue weighted by Crippen LogP contribution is -2.71. The maximum Gasteiger partial charge on any atom is 0.331 e. The highest BCUT2D eigenvalue weighted by Crippen LogP contribution is 2.70. The number of aliphatic hydroxyl groups excluding tert-OH is 4. The Bertz CT molecular complexity index is 1620. The van der Waals surface area contributed by atoms with Crippen LogP contribution in [0.2, 0.25) is 0 Å². The summed E-state index contributed by atoms with van der Waals surface area (Å²) in [5.41, 5.74) is -1.36. The van der Waals surface area contributed by atoms with Crippen molar-refractivity contribution in [3.63, 3.8) is 0 Å². The number of nitrogens with one attached hydrogen (secondary N) is 3. The molecule has 56 heavy (non-hydrogen) atoms. The van der Waals surface area contributed by atoms with Gasteiger partial charge in [-0.05, 0) is 88.0 Å². The lowest BCUT2D eigenvalue weighted by atomic mass is 9.41. The van der Waals surface area contributed by atoms with Crippen LogP contribution >= 0.6 is 11.8 Å². The molecule has 0 unspecified atom stereocenters. The maximum absolute atomic E-state index is 13.1. The van der Waals surface area contributed by atoms with Crippen LogP contribution < -0.4 is 16.1 Å². The molecule has 0 aromatic heterocycles. The summed E-state index contributed by atoms with van der Waals surface area (Å²) in [5.74, 6) is -0.854. The molecule has 16 nitrogen and oxygen atoms in total. The van der Waals surface area contributed by atoms with Crippen LogP contribution in [0.3, 0.4) is 0 Å². The van der Waals surface area contributed by atoms with Gasteiger partial charge in [0.05, 0.1) is 41.6 Å². The highest BCUT2D eigenvalue weighted by atomic mass is 32.2. The summed E-state index contributed by atoms with van der Waals surface area (Å²) in [6.45, 7) is 3.62. The normalized spacial score (nSPS) is 49.6. The molecule has 312 valence electrons. The third kappa shape index (κ3) is 6.51. The third-order valence-electron chi connectivity index (χ3n) is 15.4. The number of fused-ring (bicyclic) bond motifs is 6. The van der Waals surface area contributed by atoms with Gasteiger partial charge < -0.3 is 55.5 Å². The van der Waals surface area contributed by atoms with Gasteiger partial charge in [-0.1, -0.05) is 13.3 Å².